The highest BCUT2D eigenvalue weighted by Gasteiger charge is 2.45. The number of hydrogen-bond acceptors (Lipinski definition) is 5. The van der Waals surface area contributed by atoms with Crippen LogP contribution in [0.3, 0.4) is 0 Å². The number of ether oxygens (including phenoxy) is 2. The number of pyridine rings is 1. The van der Waals surface area contributed by atoms with Gasteiger partial charge in [-0.05, 0) is 31.2 Å². The predicted octanol–water partition coefficient (Wildman–Crippen LogP) is 1.71. The third-order valence-corrected chi connectivity index (χ3v) is 5.10. The Morgan fingerprint density at radius 1 is 1.31 bits per heavy atom. The van der Waals surface area contributed by atoms with Gasteiger partial charge in [0.25, 0.3) is 11.8 Å². The fourth-order valence-electron chi connectivity index (χ4n) is 3.57. The average Bonchev–Trinajstić information content (AvgIpc) is 2.94. The molecule has 3 heterocycles. The van der Waals surface area contributed by atoms with Crippen LogP contribution in [0.15, 0.2) is 30.3 Å². The SMILES string of the molecule is COc1ccc2nc(C(=O)N3CCC4(CC3)NC(=O)C(C)O4)ccc2c1. The smallest absolute Gasteiger partial charge is 0.272 e. The second-order valence-electron chi connectivity index (χ2n) is 6.79. The van der Waals surface area contributed by atoms with Gasteiger partial charge in [-0.25, -0.2) is 4.98 Å². The number of likely N-dealkylation sites (tertiary alicyclic amines) is 1. The number of carbonyl (C=O) groups excluding carboxylic acids is 2. The normalized spacial score (nSPS) is 21.8. The van der Waals surface area contributed by atoms with E-state index < -0.39 is 11.8 Å². The van der Waals surface area contributed by atoms with Crippen molar-refractivity contribution in [1.82, 2.24) is 15.2 Å². The Bertz CT molecular complexity index is 874. The molecule has 0 saturated carbocycles. The van der Waals surface area contributed by atoms with Crippen molar-refractivity contribution in [3.05, 3.63) is 36.0 Å². The second kappa shape index (κ2) is 6.25. The molecular weight excluding hydrogens is 334 g/mol. The molecule has 1 aromatic heterocycles. The summed E-state index contributed by atoms with van der Waals surface area (Å²) in [6.07, 6.45) is 0.732. The van der Waals surface area contributed by atoms with Crippen molar-refractivity contribution in [2.24, 2.45) is 0 Å². The number of aromatic nitrogens is 1. The summed E-state index contributed by atoms with van der Waals surface area (Å²) < 4.78 is 11.0. The summed E-state index contributed by atoms with van der Waals surface area (Å²) in [5, 5.41) is 3.85. The van der Waals surface area contributed by atoms with Crippen LogP contribution in [-0.4, -0.2) is 53.7 Å². The molecule has 0 radical (unpaired) electrons. The van der Waals surface area contributed by atoms with E-state index in [1.165, 1.54) is 0 Å². The molecule has 4 rings (SSSR count). The molecule has 2 aliphatic rings. The maximum absolute atomic E-state index is 12.8. The van der Waals surface area contributed by atoms with Gasteiger partial charge in [-0.3, -0.25) is 9.59 Å². The van der Waals surface area contributed by atoms with Crippen molar-refractivity contribution < 1.29 is 19.1 Å². The maximum atomic E-state index is 12.8. The number of nitrogens with one attached hydrogen (secondary N) is 1. The van der Waals surface area contributed by atoms with E-state index in [4.69, 9.17) is 9.47 Å². The summed E-state index contributed by atoms with van der Waals surface area (Å²) in [7, 11) is 1.62. The zero-order chi connectivity index (χ0) is 18.3. The minimum absolute atomic E-state index is 0.0867. The Morgan fingerprint density at radius 2 is 2.08 bits per heavy atom. The van der Waals surface area contributed by atoms with Gasteiger partial charge in [0, 0.05) is 31.3 Å². The molecule has 7 heteroatoms. The lowest BCUT2D eigenvalue weighted by atomic mass is 10.0. The summed E-state index contributed by atoms with van der Waals surface area (Å²) in [5.74, 6) is 0.568. The molecule has 1 aromatic carbocycles. The Kier molecular flexibility index (Phi) is 4.03. The van der Waals surface area contributed by atoms with Crippen LogP contribution >= 0.6 is 0 Å². The molecule has 2 saturated heterocycles. The third-order valence-electron chi connectivity index (χ3n) is 5.10. The number of carbonyl (C=O) groups is 2. The molecule has 2 amide bonds. The van der Waals surface area contributed by atoms with E-state index in [-0.39, 0.29) is 11.8 Å². The first-order valence-electron chi connectivity index (χ1n) is 8.74. The number of amides is 2. The van der Waals surface area contributed by atoms with Crippen molar-refractivity contribution >= 4 is 22.7 Å². The Morgan fingerprint density at radius 3 is 2.73 bits per heavy atom. The average molecular weight is 355 g/mol. The Hall–Kier alpha value is -2.67. The Labute approximate surface area is 151 Å². The minimum Gasteiger partial charge on any atom is -0.497 e. The van der Waals surface area contributed by atoms with Gasteiger partial charge in [0.15, 0.2) is 0 Å². The van der Waals surface area contributed by atoms with Crippen molar-refractivity contribution in [1.29, 1.82) is 0 Å². The number of piperidine rings is 1. The van der Waals surface area contributed by atoms with Crippen LogP contribution in [0.4, 0.5) is 0 Å². The van der Waals surface area contributed by atoms with Gasteiger partial charge in [-0.1, -0.05) is 6.07 Å². The number of benzene rings is 1. The first-order chi connectivity index (χ1) is 12.5. The van der Waals surface area contributed by atoms with Crippen LogP contribution in [-0.2, 0) is 9.53 Å². The number of rotatable bonds is 2. The molecule has 2 aliphatic heterocycles. The number of methoxy groups -OCH3 is 1. The van der Waals surface area contributed by atoms with Gasteiger partial charge in [-0.2, -0.15) is 0 Å². The fourth-order valence-corrected chi connectivity index (χ4v) is 3.57. The fraction of sp³-hybridized carbons (Fsp3) is 0.421. The molecule has 136 valence electrons. The van der Waals surface area contributed by atoms with Gasteiger partial charge in [-0.15, -0.1) is 0 Å². The van der Waals surface area contributed by atoms with E-state index in [2.05, 4.69) is 10.3 Å². The monoisotopic (exact) mass is 355 g/mol. The van der Waals surface area contributed by atoms with E-state index in [9.17, 15) is 9.59 Å². The molecule has 7 nitrogen and oxygen atoms in total. The molecule has 2 fully saturated rings. The van der Waals surface area contributed by atoms with Gasteiger partial charge >= 0.3 is 0 Å². The largest absolute Gasteiger partial charge is 0.497 e. The van der Waals surface area contributed by atoms with Crippen molar-refractivity contribution in [2.45, 2.75) is 31.6 Å². The third kappa shape index (κ3) is 2.88. The molecular formula is C19H21N3O4. The first kappa shape index (κ1) is 16.8. The molecule has 0 bridgehead atoms. The van der Waals surface area contributed by atoms with Gasteiger partial charge in [0.05, 0.1) is 12.6 Å². The molecule has 1 atom stereocenters. The van der Waals surface area contributed by atoms with Crippen LogP contribution < -0.4 is 10.1 Å². The molecule has 1 N–H and O–H groups in total. The highest BCUT2D eigenvalue weighted by atomic mass is 16.5. The predicted molar refractivity (Wildman–Crippen MR) is 94.9 cm³/mol. The zero-order valence-electron chi connectivity index (χ0n) is 14.8. The van der Waals surface area contributed by atoms with Crippen LogP contribution in [0, 0.1) is 0 Å². The summed E-state index contributed by atoms with van der Waals surface area (Å²) in [4.78, 5) is 30.8. The molecule has 1 unspecified atom stereocenters. The lowest BCUT2D eigenvalue weighted by Gasteiger charge is -2.38. The number of nitrogens with zero attached hydrogens (tertiary/aromatic N) is 2. The lowest BCUT2D eigenvalue weighted by molar-refractivity contribution is -0.123. The van der Waals surface area contributed by atoms with Crippen LogP contribution in [0.2, 0.25) is 0 Å². The summed E-state index contributed by atoms with van der Waals surface area (Å²) in [5.41, 5.74) is 0.550. The summed E-state index contributed by atoms with van der Waals surface area (Å²) in [6, 6.07) is 9.19. The van der Waals surface area contributed by atoms with E-state index in [1.54, 1.807) is 25.0 Å². The van der Waals surface area contributed by atoms with Crippen molar-refractivity contribution in [3.8, 4) is 5.75 Å². The summed E-state index contributed by atoms with van der Waals surface area (Å²) in [6.45, 7) is 2.79. The number of hydrogen-bond donors (Lipinski definition) is 1. The van der Waals surface area contributed by atoms with Crippen LogP contribution in [0.25, 0.3) is 10.9 Å². The van der Waals surface area contributed by atoms with Crippen LogP contribution in [0.1, 0.15) is 30.3 Å². The molecule has 1 spiro atoms. The summed E-state index contributed by atoms with van der Waals surface area (Å²) >= 11 is 0. The zero-order valence-corrected chi connectivity index (χ0v) is 14.8. The van der Waals surface area contributed by atoms with Gasteiger partial charge in [0.1, 0.15) is 23.3 Å². The standard InChI is InChI=1S/C19H21N3O4/c1-12-17(23)21-19(26-12)7-9-22(10-8-19)18(24)16-5-3-13-11-14(25-2)4-6-15(13)20-16/h3-6,11-12H,7-10H2,1-2H3,(H,21,23). The van der Waals surface area contributed by atoms with E-state index >= 15 is 0 Å². The molecule has 0 aliphatic carbocycles. The Balaban J connectivity index is 1.48. The second-order valence-corrected chi connectivity index (χ2v) is 6.79. The highest BCUT2D eigenvalue weighted by Crippen LogP contribution is 2.30. The van der Waals surface area contributed by atoms with Gasteiger partial charge < -0.3 is 19.7 Å². The van der Waals surface area contributed by atoms with E-state index in [0.29, 0.717) is 31.6 Å². The van der Waals surface area contributed by atoms with Crippen molar-refractivity contribution in [2.75, 3.05) is 20.2 Å². The van der Waals surface area contributed by atoms with E-state index in [1.807, 2.05) is 24.3 Å². The minimum atomic E-state index is -0.624. The van der Waals surface area contributed by atoms with Crippen LogP contribution in [0.5, 0.6) is 5.75 Å². The van der Waals surface area contributed by atoms with Gasteiger partial charge in [0.2, 0.25) is 0 Å². The maximum Gasteiger partial charge on any atom is 0.272 e. The van der Waals surface area contributed by atoms with E-state index in [0.717, 1.165) is 16.7 Å². The molecule has 2 aromatic rings. The highest BCUT2D eigenvalue weighted by molar-refractivity contribution is 5.95. The topological polar surface area (TPSA) is 80.8 Å². The number of fused-ring (bicyclic) bond motifs is 1. The first-order valence-corrected chi connectivity index (χ1v) is 8.74. The molecule has 26 heavy (non-hydrogen) atoms. The quantitative estimate of drug-likeness (QED) is 0.887. The van der Waals surface area contributed by atoms with Crippen molar-refractivity contribution in [3.63, 3.8) is 0 Å². The lowest BCUT2D eigenvalue weighted by Crippen LogP contribution is -2.53.